The van der Waals surface area contributed by atoms with E-state index in [4.69, 9.17) is 9.47 Å². The van der Waals surface area contributed by atoms with Gasteiger partial charge in [0, 0.05) is 32.0 Å². The summed E-state index contributed by atoms with van der Waals surface area (Å²) in [6, 6.07) is 10.4. The first kappa shape index (κ1) is 14.3. The zero-order chi connectivity index (χ0) is 13.7. The molecule has 1 aromatic rings. The SMILES string of the molecule is COC[C@@H]1[C@H](COC)[C@H](O)C=C[C@H]1c1ccccc1. The standard InChI is InChI=1S/C16H22O3/c1-18-10-14-13(12-6-4-3-5-7-12)8-9-16(17)15(14)11-19-2/h3-9,13-17H,10-11H2,1-2H3/t13-,14-,15-,16+/m0/s1. The molecule has 0 heterocycles. The lowest BCUT2D eigenvalue weighted by Crippen LogP contribution is -2.39. The van der Waals surface area contributed by atoms with Gasteiger partial charge in [-0.05, 0) is 5.56 Å². The highest BCUT2D eigenvalue weighted by Gasteiger charge is 2.36. The number of hydrogen-bond donors (Lipinski definition) is 1. The largest absolute Gasteiger partial charge is 0.389 e. The zero-order valence-electron chi connectivity index (χ0n) is 11.5. The smallest absolute Gasteiger partial charge is 0.0775 e. The number of methoxy groups -OCH3 is 2. The molecule has 104 valence electrons. The molecule has 0 saturated heterocycles. The van der Waals surface area contributed by atoms with Crippen molar-refractivity contribution in [3.05, 3.63) is 48.0 Å². The van der Waals surface area contributed by atoms with Crippen molar-refractivity contribution in [2.24, 2.45) is 11.8 Å². The van der Waals surface area contributed by atoms with Gasteiger partial charge >= 0.3 is 0 Å². The van der Waals surface area contributed by atoms with Crippen molar-refractivity contribution in [2.75, 3.05) is 27.4 Å². The summed E-state index contributed by atoms with van der Waals surface area (Å²) in [5.41, 5.74) is 1.26. The van der Waals surface area contributed by atoms with Crippen molar-refractivity contribution in [3.8, 4) is 0 Å². The average molecular weight is 262 g/mol. The molecular weight excluding hydrogens is 240 g/mol. The van der Waals surface area contributed by atoms with Crippen LogP contribution >= 0.6 is 0 Å². The highest BCUT2D eigenvalue weighted by atomic mass is 16.5. The van der Waals surface area contributed by atoms with Crippen LogP contribution in [0.3, 0.4) is 0 Å². The van der Waals surface area contributed by atoms with Gasteiger partial charge in [0.15, 0.2) is 0 Å². The Morgan fingerprint density at radius 3 is 2.21 bits per heavy atom. The van der Waals surface area contributed by atoms with E-state index in [1.54, 1.807) is 14.2 Å². The molecule has 4 atom stereocenters. The van der Waals surface area contributed by atoms with Crippen LogP contribution < -0.4 is 0 Å². The van der Waals surface area contributed by atoms with E-state index in [2.05, 4.69) is 18.2 Å². The molecule has 0 fully saturated rings. The van der Waals surface area contributed by atoms with Crippen LogP contribution in [-0.4, -0.2) is 38.6 Å². The summed E-state index contributed by atoms with van der Waals surface area (Å²) in [6.45, 7) is 1.16. The fourth-order valence-electron chi connectivity index (χ4n) is 2.91. The summed E-state index contributed by atoms with van der Waals surface area (Å²) in [4.78, 5) is 0. The van der Waals surface area contributed by atoms with Gasteiger partial charge < -0.3 is 14.6 Å². The van der Waals surface area contributed by atoms with Gasteiger partial charge in [0.05, 0.1) is 19.3 Å². The predicted octanol–water partition coefficient (Wildman–Crippen LogP) is 2.23. The second-order valence-electron chi connectivity index (χ2n) is 5.05. The molecule has 19 heavy (non-hydrogen) atoms. The molecule has 2 rings (SSSR count). The van der Waals surface area contributed by atoms with E-state index in [0.717, 1.165) is 0 Å². The third kappa shape index (κ3) is 3.24. The summed E-state index contributed by atoms with van der Waals surface area (Å²) >= 11 is 0. The van der Waals surface area contributed by atoms with E-state index < -0.39 is 6.10 Å². The quantitative estimate of drug-likeness (QED) is 0.827. The Hall–Kier alpha value is -1.16. The fraction of sp³-hybridized carbons (Fsp3) is 0.500. The fourth-order valence-corrected chi connectivity index (χ4v) is 2.91. The summed E-state index contributed by atoms with van der Waals surface area (Å²) < 4.78 is 10.6. The van der Waals surface area contributed by atoms with Gasteiger partial charge in [-0.1, -0.05) is 42.5 Å². The predicted molar refractivity (Wildman–Crippen MR) is 75.1 cm³/mol. The van der Waals surface area contributed by atoms with Crippen LogP contribution in [0.2, 0.25) is 0 Å². The van der Waals surface area contributed by atoms with Crippen molar-refractivity contribution < 1.29 is 14.6 Å². The first-order valence-electron chi connectivity index (χ1n) is 6.67. The van der Waals surface area contributed by atoms with Gasteiger partial charge in [-0.2, -0.15) is 0 Å². The molecule has 0 saturated carbocycles. The lowest BCUT2D eigenvalue weighted by Gasteiger charge is -2.37. The topological polar surface area (TPSA) is 38.7 Å². The molecule has 1 aliphatic carbocycles. The van der Waals surface area contributed by atoms with Gasteiger partial charge in [0.1, 0.15) is 0 Å². The van der Waals surface area contributed by atoms with E-state index >= 15 is 0 Å². The van der Waals surface area contributed by atoms with Crippen molar-refractivity contribution in [3.63, 3.8) is 0 Å². The summed E-state index contributed by atoms with van der Waals surface area (Å²) in [6.07, 6.45) is 3.52. The Bertz CT molecular complexity index is 402. The lowest BCUT2D eigenvalue weighted by molar-refractivity contribution is 0.000892. The molecule has 3 nitrogen and oxygen atoms in total. The summed E-state index contributed by atoms with van der Waals surface area (Å²) in [5.74, 6) is 0.567. The van der Waals surface area contributed by atoms with Crippen LogP contribution in [0.25, 0.3) is 0 Å². The number of benzene rings is 1. The third-order valence-corrected chi connectivity index (χ3v) is 3.87. The molecule has 0 aromatic heterocycles. The first-order chi connectivity index (χ1) is 9.27. The molecule has 0 bridgehead atoms. The third-order valence-electron chi connectivity index (χ3n) is 3.87. The van der Waals surface area contributed by atoms with Crippen molar-refractivity contribution >= 4 is 0 Å². The number of aliphatic hydroxyl groups is 1. The monoisotopic (exact) mass is 262 g/mol. The van der Waals surface area contributed by atoms with E-state index in [9.17, 15) is 5.11 Å². The molecule has 0 radical (unpaired) electrons. The van der Waals surface area contributed by atoms with Crippen LogP contribution in [-0.2, 0) is 9.47 Å². The first-order valence-corrected chi connectivity index (χ1v) is 6.67. The minimum atomic E-state index is -0.458. The number of ether oxygens (including phenoxy) is 2. The molecule has 0 amide bonds. The normalized spacial score (nSPS) is 30.5. The van der Waals surface area contributed by atoms with Crippen LogP contribution in [0, 0.1) is 11.8 Å². The Morgan fingerprint density at radius 1 is 0.947 bits per heavy atom. The Morgan fingerprint density at radius 2 is 1.58 bits per heavy atom. The van der Waals surface area contributed by atoms with Gasteiger partial charge in [-0.3, -0.25) is 0 Å². The van der Waals surface area contributed by atoms with Crippen LogP contribution in [0.5, 0.6) is 0 Å². The van der Waals surface area contributed by atoms with Crippen molar-refractivity contribution in [1.82, 2.24) is 0 Å². The molecule has 0 unspecified atom stereocenters. The van der Waals surface area contributed by atoms with Gasteiger partial charge in [-0.15, -0.1) is 0 Å². The van der Waals surface area contributed by atoms with Gasteiger partial charge in [0.2, 0.25) is 0 Å². The molecule has 0 aliphatic heterocycles. The van der Waals surface area contributed by atoms with Gasteiger partial charge in [-0.25, -0.2) is 0 Å². The van der Waals surface area contributed by atoms with E-state index in [0.29, 0.717) is 13.2 Å². The highest BCUT2D eigenvalue weighted by molar-refractivity contribution is 5.27. The Labute approximate surface area is 114 Å². The molecule has 1 aliphatic rings. The molecule has 0 spiro atoms. The Balaban J connectivity index is 2.28. The molecular formula is C16H22O3. The molecule has 1 aromatic carbocycles. The summed E-state index contributed by atoms with van der Waals surface area (Å²) in [5, 5.41) is 10.1. The second-order valence-corrected chi connectivity index (χ2v) is 5.05. The van der Waals surface area contributed by atoms with Crippen molar-refractivity contribution in [1.29, 1.82) is 0 Å². The number of hydrogen-bond acceptors (Lipinski definition) is 3. The van der Waals surface area contributed by atoms with E-state index in [-0.39, 0.29) is 17.8 Å². The Kier molecular flexibility index (Phi) is 5.14. The summed E-state index contributed by atoms with van der Waals surface area (Å²) in [7, 11) is 3.38. The van der Waals surface area contributed by atoms with Crippen LogP contribution in [0.4, 0.5) is 0 Å². The zero-order valence-corrected chi connectivity index (χ0v) is 11.5. The average Bonchev–Trinajstić information content (AvgIpc) is 2.44. The maximum absolute atomic E-state index is 10.1. The second kappa shape index (κ2) is 6.85. The number of allylic oxidation sites excluding steroid dienone is 1. The maximum atomic E-state index is 10.1. The maximum Gasteiger partial charge on any atom is 0.0775 e. The van der Waals surface area contributed by atoms with E-state index in [1.165, 1.54) is 5.56 Å². The number of rotatable bonds is 5. The van der Waals surface area contributed by atoms with E-state index in [1.807, 2.05) is 24.3 Å². The molecule has 3 heteroatoms. The van der Waals surface area contributed by atoms with Gasteiger partial charge in [0.25, 0.3) is 0 Å². The number of aliphatic hydroxyl groups excluding tert-OH is 1. The molecule has 1 N–H and O–H groups in total. The minimum Gasteiger partial charge on any atom is -0.389 e. The highest BCUT2D eigenvalue weighted by Crippen LogP contribution is 2.37. The van der Waals surface area contributed by atoms with Crippen molar-refractivity contribution in [2.45, 2.75) is 12.0 Å². The minimum absolute atomic E-state index is 0.0696. The van der Waals surface area contributed by atoms with Crippen LogP contribution in [0.1, 0.15) is 11.5 Å². The lowest BCUT2D eigenvalue weighted by atomic mass is 9.72. The van der Waals surface area contributed by atoms with Crippen LogP contribution in [0.15, 0.2) is 42.5 Å².